The van der Waals surface area contributed by atoms with Gasteiger partial charge in [0, 0.05) is 31.2 Å². The summed E-state index contributed by atoms with van der Waals surface area (Å²) in [6.07, 6.45) is 5.82. The van der Waals surface area contributed by atoms with Crippen molar-refractivity contribution in [1.82, 2.24) is 4.98 Å². The highest BCUT2D eigenvalue weighted by atomic mass is 35.5. The highest BCUT2D eigenvalue weighted by Crippen LogP contribution is 2.36. The zero-order valence-electron chi connectivity index (χ0n) is 12.7. The van der Waals surface area contributed by atoms with Gasteiger partial charge in [-0.25, -0.2) is 4.39 Å². The van der Waals surface area contributed by atoms with Crippen LogP contribution in [0.2, 0.25) is 5.02 Å². The number of pyridine rings is 1. The third kappa shape index (κ3) is 3.46. The van der Waals surface area contributed by atoms with Crippen molar-refractivity contribution in [1.29, 1.82) is 5.26 Å². The molecule has 1 aromatic heterocycles. The van der Waals surface area contributed by atoms with Crippen LogP contribution in [0.25, 0.3) is 0 Å². The molecule has 0 amide bonds. The second kappa shape index (κ2) is 6.55. The topological polar surface area (TPSA) is 39.9 Å². The fourth-order valence-corrected chi connectivity index (χ4v) is 3.27. The number of hydrogen-bond donors (Lipinski definition) is 0. The van der Waals surface area contributed by atoms with Crippen LogP contribution in [0.5, 0.6) is 0 Å². The summed E-state index contributed by atoms with van der Waals surface area (Å²) in [4.78, 5) is 6.28. The first-order valence-electron chi connectivity index (χ1n) is 7.62. The molecule has 2 aromatic rings. The number of hydrogen-bond acceptors (Lipinski definition) is 3. The van der Waals surface area contributed by atoms with Crippen molar-refractivity contribution < 1.29 is 4.39 Å². The first-order chi connectivity index (χ1) is 11.1. The van der Waals surface area contributed by atoms with E-state index < -0.39 is 5.82 Å². The van der Waals surface area contributed by atoms with Crippen molar-refractivity contribution in [3.8, 4) is 6.07 Å². The van der Waals surface area contributed by atoms with E-state index in [4.69, 9.17) is 11.6 Å². The van der Waals surface area contributed by atoms with Gasteiger partial charge in [-0.15, -0.1) is 0 Å². The van der Waals surface area contributed by atoms with E-state index >= 15 is 0 Å². The minimum absolute atomic E-state index is 0.134. The van der Waals surface area contributed by atoms with E-state index in [0.717, 1.165) is 43.6 Å². The number of nitrogens with zero attached hydrogens (tertiary/aromatic N) is 3. The molecule has 0 N–H and O–H groups in total. The summed E-state index contributed by atoms with van der Waals surface area (Å²) in [5.41, 5.74) is 1.64. The Bertz CT molecular complexity index is 719. The third-order valence-corrected chi connectivity index (χ3v) is 4.78. The minimum atomic E-state index is -0.407. The Labute approximate surface area is 140 Å². The van der Waals surface area contributed by atoms with Crippen molar-refractivity contribution in [3.05, 3.63) is 59.1 Å². The Morgan fingerprint density at radius 2 is 2.09 bits per heavy atom. The molecule has 1 fully saturated rings. The standard InChI is InChI=1S/C18H17ClFN3/c19-16-10-15(3-4-17(16)20)23-8-5-18(13-21,6-9-23)11-14-2-1-7-22-12-14/h1-4,7,10,12H,5-6,8-9,11H2. The van der Waals surface area contributed by atoms with E-state index in [1.165, 1.54) is 6.07 Å². The number of anilines is 1. The van der Waals surface area contributed by atoms with E-state index in [-0.39, 0.29) is 10.4 Å². The molecule has 0 saturated carbocycles. The molecule has 3 nitrogen and oxygen atoms in total. The number of halogens is 2. The second-order valence-corrected chi connectivity index (χ2v) is 6.42. The number of benzene rings is 1. The molecule has 23 heavy (non-hydrogen) atoms. The van der Waals surface area contributed by atoms with Gasteiger partial charge in [0.25, 0.3) is 0 Å². The van der Waals surface area contributed by atoms with Crippen LogP contribution < -0.4 is 4.90 Å². The summed E-state index contributed by atoms with van der Waals surface area (Å²) in [6.45, 7) is 1.52. The van der Waals surface area contributed by atoms with Crippen molar-refractivity contribution >= 4 is 17.3 Å². The summed E-state index contributed by atoms with van der Waals surface area (Å²) < 4.78 is 13.3. The average molecular weight is 330 g/mol. The van der Waals surface area contributed by atoms with E-state index in [0.29, 0.717) is 0 Å². The predicted octanol–water partition coefficient (Wildman–Crippen LogP) is 4.23. The number of nitriles is 1. The third-order valence-electron chi connectivity index (χ3n) is 4.49. The number of rotatable bonds is 3. The second-order valence-electron chi connectivity index (χ2n) is 6.02. The molecule has 1 saturated heterocycles. The lowest BCUT2D eigenvalue weighted by Gasteiger charge is -2.38. The normalized spacial score (nSPS) is 16.8. The molecule has 0 unspecified atom stereocenters. The zero-order chi connectivity index (χ0) is 16.3. The molecular formula is C18H17ClFN3. The lowest BCUT2D eigenvalue weighted by Crippen LogP contribution is -2.40. The van der Waals surface area contributed by atoms with Crippen LogP contribution in [0.3, 0.4) is 0 Å². The molecule has 1 aromatic carbocycles. The fourth-order valence-electron chi connectivity index (χ4n) is 3.10. The molecule has 0 bridgehead atoms. The Kier molecular flexibility index (Phi) is 4.49. The van der Waals surface area contributed by atoms with Gasteiger partial charge in [-0.1, -0.05) is 17.7 Å². The van der Waals surface area contributed by atoms with Gasteiger partial charge in [0.05, 0.1) is 16.5 Å². The zero-order valence-corrected chi connectivity index (χ0v) is 13.4. The fraction of sp³-hybridized carbons (Fsp3) is 0.333. The maximum Gasteiger partial charge on any atom is 0.141 e. The van der Waals surface area contributed by atoms with Crippen molar-refractivity contribution in [2.24, 2.45) is 5.41 Å². The van der Waals surface area contributed by atoms with E-state index in [9.17, 15) is 9.65 Å². The molecule has 2 heterocycles. The first kappa shape index (κ1) is 15.8. The number of aromatic nitrogens is 1. The highest BCUT2D eigenvalue weighted by molar-refractivity contribution is 6.31. The van der Waals surface area contributed by atoms with E-state index in [1.807, 2.05) is 18.3 Å². The molecular weight excluding hydrogens is 313 g/mol. The van der Waals surface area contributed by atoms with Gasteiger partial charge in [-0.05, 0) is 49.1 Å². The molecule has 0 spiro atoms. The SMILES string of the molecule is N#CC1(Cc2cccnc2)CCN(c2ccc(F)c(Cl)c2)CC1. The Morgan fingerprint density at radius 3 is 2.70 bits per heavy atom. The van der Waals surface area contributed by atoms with Gasteiger partial charge in [-0.3, -0.25) is 4.98 Å². The van der Waals surface area contributed by atoms with Crippen LogP contribution in [0.4, 0.5) is 10.1 Å². The van der Waals surface area contributed by atoms with E-state index in [2.05, 4.69) is 16.0 Å². The van der Waals surface area contributed by atoms with Crippen molar-refractivity contribution in [3.63, 3.8) is 0 Å². The van der Waals surface area contributed by atoms with Gasteiger partial charge in [-0.2, -0.15) is 5.26 Å². The lowest BCUT2D eigenvalue weighted by molar-refractivity contribution is 0.302. The minimum Gasteiger partial charge on any atom is -0.371 e. The monoisotopic (exact) mass is 329 g/mol. The summed E-state index contributed by atoms with van der Waals surface area (Å²) >= 11 is 5.86. The predicted molar refractivity (Wildman–Crippen MR) is 88.8 cm³/mol. The van der Waals surface area contributed by atoms with Crippen molar-refractivity contribution in [2.75, 3.05) is 18.0 Å². The smallest absolute Gasteiger partial charge is 0.141 e. The summed E-state index contributed by atoms with van der Waals surface area (Å²) in [7, 11) is 0. The average Bonchev–Trinajstić information content (AvgIpc) is 2.59. The van der Waals surface area contributed by atoms with Gasteiger partial charge in [0.15, 0.2) is 0 Å². The Morgan fingerprint density at radius 1 is 1.30 bits per heavy atom. The molecule has 118 valence electrons. The van der Waals surface area contributed by atoms with Crippen LogP contribution in [0, 0.1) is 22.6 Å². The molecule has 0 atom stereocenters. The van der Waals surface area contributed by atoms with Crippen LogP contribution in [0.1, 0.15) is 18.4 Å². The first-order valence-corrected chi connectivity index (χ1v) is 8.00. The van der Waals surface area contributed by atoms with Crippen LogP contribution in [0.15, 0.2) is 42.7 Å². The van der Waals surface area contributed by atoms with Gasteiger partial charge < -0.3 is 4.90 Å². The molecule has 0 radical (unpaired) electrons. The molecule has 0 aliphatic carbocycles. The highest BCUT2D eigenvalue weighted by Gasteiger charge is 2.35. The summed E-state index contributed by atoms with van der Waals surface area (Å²) in [5.74, 6) is -0.407. The van der Waals surface area contributed by atoms with E-state index in [1.54, 1.807) is 18.3 Å². The maximum atomic E-state index is 13.3. The quantitative estimate of drug-likeness (QED) is 0.846. The Hall–Kier alpha value is -2.12. The van der Waals surface area contributed by atoms with Crippen LogP contribution in [-0.2, 0) is 6.42 Å². The van der Waals surface area contributed by atoms with Crippen LogP contribution >= 0.6 is 11.6 Å². The summed E-state index contributed by atoms with van der Waals surface area (Å²) in [6, 6.07) is 11.2. The molecule has 3 rings (SSSR count). The van der Waals surface area contributed by atoms with Gasteiger partial charge in [0.2, 0.25) is 0 Å². The lowest BCUT2D eigenvalue weighted by atomic mass is 9.75. The molecule has 5 heteroatoms. The summed E-state index contributed by atoms with van der Waals surface area (Å²) in [5, 5.41) is 9.81. The van der Waals surface area contributed by atoms with Gasteiger partial charge in [0.1, 0.15) is 5.82 Å². The largest absolute Gasteiger partial charge is 0.371 e. The maximum absolute atomic E-state index is 13.3. The van der Waals surface area contributed by atoms with Crippen LogP contribution in [-0.4, -0.2) is 18.1 Å². The Balaban J connectivity index is 1.71. The molecule has 1 aliphatic rings. The number of piperidine rings is 1. The van der Waals surface area contributed by atoms with Crippen molar-refractivity contribution in [2.45, 2.75) is 19.3 Å². The van der Waals surface area contributed by atoms with Gasteiger partial charge >= 0.3 is 0 Å². The molecule has 1 aliphatic heterocycles.